The topological polar surface area (TPSA) is 126 Å². The summed E-state index contributed by atoms with van der Waals surface area (Å²) in [6.07, 6.45) is 0. The molecule has 2 heterocycles. The van der Waals surface area contributed by atoms with Crippen LogP contribution in [-0.4, -0.2) is 25.7 Å². The lowest BCUT2D eigenvalue weighted by Crippen LogP contribution is -2.18. The largest absolute Gasteiger partial charge is 0.439 e. The molecular formula is C23H20N4O3S. The molecule has 0 unspecified atom stereocenters. The third-order valence-corrected chi connectivity index (χ3v) is 5.92. The summed E-state index contributed by atoms with van der Waals surface area (Å²) in [5.41, 5.74) is 14.9. The summed E-state index contributed by atoms with van der Waals surface area (Å²) in [6.45, 7) is 0. The van der Waals surface area contributed by atoms with E-state index in [1.807, 2.05) is 17.5 Å². The van der Waals surface area contributed by atoms with Crippen LogP contribution in [0.2, 0.25) is 0 Å². The SMILES string of the molecule is CN(C)c1cc(=O)c2scc(-c3cccc(C(=N)c4c(N)cccc4C(N)=O)c3)c2o1. The first-order valence-corrected chi connectivity index (χ1v) is 10.3. The number of rotatable bonds is 5. The van der Waals surface area contributed by atoms with Gasteiger partial charge in [0, 0.05) is 47.9 Å². The zero-order valence-corrected chi connectivity index (χ0v) is 17.7. The van der Waals surface area contributed by atoms with Crippen molar-refractivity contribution < 1.29 is 9.21 Å². The van der Waals surface area contributed by atoms with Crippen LogP contribution in [0.3, 0.4) is 0 Å². The fourth-order valence-electron chi connectivity index (χ4n) is 3.39. The number of primary amides is 1. The number of nitrogens with two attached hydrogens (primary N) is 2. The number of thiophene rings is 1. The van der Waals surface area contributed by atoms with Crippen molar-refractivity contribution in [3.8, 4) is 11.1 Å². The van der Waals surface area contributed by atoms with E-state index in [1.165, 1.54) is 17.4 Å². The lowest BCUT2D eigenvalue weighted by Gasteiger charge is -2.13. The molecule has 2 aromatic carbocycles. The number of hydrogen-bond acceptors (Lipinski definition) is 7. The molecule has 156 valence electrons. The highest BCUT2D eigenvalue weighted by Gasteiger charge is 2.19. The molecule has 2 aromatic heterocycles. The molecule has 0 saturated carbocycles. The van der Waals surface area contributed by atoms with E-state index < -0.39 is 5.91 Å². The molecule has 8 heteroatoms. The molecular weight excluding hydrogens is 412 g/mol. The summed E-state index contributed by atoms with van der Waals surface area (Å²) in [5, 5.41) is 10.6. The monoisotopic (exact) mass is 432 g/mol. The van der Waals surface area contributed by atoms with Crippen LogP contribution in [0.1, 0.15) is 21.5 Å². The van der Waals surface area contributed by atoms with Gasteiger partial charge in [0.05, 0.1) is 11.3 Å². The van der Waals surface area contributed by atoms with Gasteiger partial charge in [-0.15, -0.1) is 11.3 Å². The van der Waals surface area contributed by atoms with Gasteiger partial charge >= 0.3 is 0 Å². The average Bonchev–Trinajstić information content (AvgIpc) is 3.17. The number of hydrogen-bond donors (Lipinski definition) is 3. The van der Waals surface area contributed by atoms with E-state index in [0.717, 1.165) is 11.1 Å². The molecule has 31 heavy (non-hydrogen) atoms. The van der Waals surface area contributed by atoms with Crippen molar-refractivity contribution in [1.29, 1.82) is 5.41 Å². The normalized spacial score (nSPS) is 10.9. The Morgan fingerprint density at radius 3 is 2.58 bits per heavy atom. The molecule has 0 radical (unpaired) electrons. The number of amides is 1. The summed E-state index contributed by atoms with van der Waals surface area (Å²) >= 11 is 1.32. The van der Waals surface area contributed by atoms with Crippen LogP contribution in [0.15, 0.2) is 63.1 Å². The van der Waals surface area contributed by atoms with Crippen molar-refractivity contribution in [3.63, 3.8) is 0 Å². The Labute approximate surface area is 182 Å². The summed E-state index contributed by atoms with van der Waals surface area (Å²) in [5.74, 6) is -0.186. The standard InChI is InChI=1S/C23H20N4O3S/c1-27(2)18-10-17(28)22-21(30-18)15(11-31-22)12-5-3-6-13(9-12)20(25)19-14(23(26)29)7-4-8-16(19)24/h3-11,25H,24H2,1-2H3,(H2,26,29). The molecule has 0 aliphatic carbocycles. The van der Waals surface area contributed by atoms with Crippen molar-refractivity contribution in [1.82, 2.24) is 0 Å². The Hall–Kier alpha value is -3.91. The Kier molecular flexibility index (Phi) is 5.08. The zero-order chi connectivity index (χ0) is 22.3. The van der Waals surface area contributed by atoms with Gasteiger partial charge in [0.15, 0.2) is 11.5 Å². The zero-order valence-electron chi connectivity index (χ0n) is 16.9. The lowest BCUT2D eigenvalue weighted by atomic mass is 9.94. The second-order valence-corrected chi connectivity index (χ2v) is 8.12. The second kappa shape index (κ2) is 7.73. The van der Waals surface area contributed by atoms with Crippen molar-refractivity contribution in [2.24, 2.45) is 5.73 Å². The van der Waals surface area contributed by atoms with E-state index in [2.05, 4.69) is 0 Å². The number of carbonyl (C=O) groups excluding carboxylic acids is 1. The van der Waals surface area contributed by atoms with Crippen molar-refractivity contribution >= 4 is 44.8 Å². The number of fused-ring (bicyclic) bond motifs is 1. The van der Waals surface area contributed by atoms with Crippen LogP contribution in [-0.2, 0) is 0 Å². The predicted octanol–water partition coefficient (Wildman–Crippen LogP) is 3.68. The number of carbonyl (C=O) groups is 1. The molecule has 0 fully saturated rings. The second-order valence-electron chi connectivity index (χ2n) is 7.24. The fraction of sp³-hybridized carbons (Fsp3) is 0.0870. The van der Waals surface area contributed by atoms with Crippen LogP contribution in [0.25, 0.3) is 21.4 Å². The number of nitrogens with one attached hydrogen (secondary N) is 1. The quantitative estimate of drug-likeness (QED) is 0.327. The van der Waals surface area contributed by atoms with Crippen LogP contribution >= 0.6 is 11.3 Å². The minimum absolute atomic E-state index is 0.0868. The third-order valence-electron chi connectivity index (χ3n) is 4.95. The average molecular weight is 433 g/mol. The van der Waals surface area contributed by atoms with Crippen molar-refractivity contribution in [2.45, 2.75) is 0 Å². The Balaban J connectivity index is 1.85. The summed E-state index contributed by atoms with van der Waals surface area (Å²) in [6, 6.07) is 13.5. The minimum Gasteiger partial charge on any atom is -0.439 e. The van der Waals surface area contributed by atoms with Gasteiger partial charge in [0.2, 0.25) is 11.3 Å². The first-order valence-electron chi connectivity index (χ1n) is 9.38. The first kappa shape index (κ1) is 20.4. The number of nitrogen functional groups attached to an aromatic ring is 1. The lowest BCUT2D eigenvalue weighted by molar-refractivity contribution is 0.1000. The number of benzene rings is 2. The Morgan fingerprint density at radius 1 is 1.13 bits per heavy atom. The molecule has 4 rings (SSSR count). The van der Waals surface area contributed by atoms with Gasteiger partial charge in [-0.25, -0.2) is 0 Å². The first-order chi connectivity index (χ1) is 14.8. The van der Waals surface area contributed by atoms with Crippen LogP contribution in [0, 0.1) is 5.41 Å². The highest BCUT2D eigenvalue weighted by Crippen LogP contribution is 2.35. The van der Waals surface area contributed by atoms with Gasteiger partial charge in [-0.2, -0.15) is 0 Å². The maximum Gasteiger partial charge on any atom is 0.249 e. The van der Waals surface area contributed by atoms with Gasteiger partial charge in [-0.1, -0.05) is 24.3 Å². The van der Waals surface area contributed by atoms with Gasteiger partial charge in [-0.3, -0.25) is 15.0 Å². The smallest absolute Gasteiger partial charge is 0.249 e. The molecule has 4 aromatic rings. The van der Waals surface area contributed by atoms with Gasteiger partial charge in [0.25, 0.3) is 0 Å². The van der Waals surface area contributed by atoms with E-state index >= 15 is 0 Å². The van der Waals surface area contributed by atoms with E-state index in [1.54, 1.807) is 49.3 Å². The molecule has 7 nitrogen and oxygen atoms in total. The highest BCUT2D eigenvalue weighted by molar-refractivity contribution is 7.17. The fourth-order valence-corrected chi connectivity index (χ4v) is 4.30. The van der Waals surface area contributed by atoms with Crippen molar-refractivity contribution in [2.75, 3.05) is 24.7 Å². The van der Waals surface area contributed by atoms with E-state index in [9.17, 15) is 9.59 Å². The van der Waals surface area contributed by atoms with Gasteiger partial charge in [-0.05, 0) is 23.8 Å². The number of nitrogens with zero attached hydrogens (tertiary/aromatic N) is 1. The maximum atomic E-state index is 12.5. The van der Waals surface area contributed by atoms with Crippen molar-refractivity contribution in [3.05, 3.63) is 80.8 Å². The molecule has 1 amide bonds. The maximum absolute atomic E-state index is 12.5. The van der Waals surface area contributed by atoms with E-state index in [4.69, 9.17) is 21.3 Å². The Bertz CT molecular complexity index is 1400. The molecule has 0 aliphatic heterocycles. The summed E-state index contributed by atoms with van der Waals surface area (Å²) < 4.78 is 6.52. The molecule has 0 atom stereocenters. The summed E-state index contributed by atoms with van der Waals surface area (Å²) in [7, 11) is 3.61. The Morgan fingerprint density at radius 2 is 1.87 bits per heavy atom. The van der Waals surface area contributed by atoms with Gasteiger partial charge in [0.1, 0.15) is 4.70 Å². The number of anilines is 2. The predicted molar refractivity (Wildman–Crippen MR) is 125 cm³/mol. The van der Waals surface area contributed by atoms with E-state index in [0.29, 0.717) is 33.0 Å². The van der Waals surface area contributed by atoms with Crippen LogP contribution < -0.4 is 21.8 Å². The van der Waals surface area contributed by atoms with Crippen LogP contribution in [0.4, 0.5) is 11.6 Å². The van der Waals surface area contributed by atoms with E-state index in [-0.39, 0.29) is 16.7 Å². The van der Waals surface area contributed by atoms with Crippen LogP contribution in [0.5, 0.6) is 0 Å². The molecule has 5 N–H and O–H groups in total. The summed E-state index contributed by atoms with van der Waals surface area (Å²) in [4.78, 5) is 26.1. The highest BCUT2D eigenvalue weighted by atomic mass is 32.1. The minimum atomic E-state index is -0.648. The molecule has 0 spiro atoms. The third kappa shape index (κ3) is 3.57. The molecule has 0 saturated heterocycles. The molecule has 0 aliphatic rings. The van der Waals surface area contributed by atoms with Gasteiger partial charge < -0.3 is 20.8 Å². The molecule has 0 bridgehead atoms.